The number of hydrogen-bond donors (Lipinski definition) is 0. The summed E-state index contributed by atoms with van der Waals surface area (Å²) >= 11 is 4.50. The van der Waals surface area contributed by atoms with E-state index in [-0.39, 0.29) is 5.82 Å². The third kappa shape index (κ3) is 4.29. The molecular weight excluding hydrogens is 343 g/mol. The van der Waals surface area contributed by atoms with E-state index in [1.165, 1.54) is 17.8 Å². The monoisotopic (exact) mass is 358 g/mol. The van der Waals surface area contributed by atoms with Crippen molar-refractivity contribution in [2.75, 3.05) is 0 Å². The average Bonchev–Trinajstić information content (AvgIpc) is 2.68. The number of halogens is 1. The SMILES string of the molecule is CCc1ccc(C#Cc2ccc(-c3cnc(N=C=S)cc3F)cc2)cc1. The minimum absolute atomic E-state index is 0.206. The van der Waals surface area contributed by atoms with Gasteiger partial charge in [0.2, 0.25) is 0 Å². The number of hydrogen-bond acceptors (Lipinski definition) is 3. The van der Waals surface area contributed by atoms with Crippen molar-refractivity contribution in [1.82, 2.24) is 4.98 Å². The summed E-state index contributed by atoms with van der Waals surface area (Å²) < 4.78 is 14.2. The molecule has 0 aliphatic carbocycles. The van der Waals surface area contributed by atoms with Gasteiger partial charge in [0.15, 0.2) is 5.82 Å². The lowest BCUT2D eigenvalue weighted by Gasteiger charge is -2.03. The lowest BCUT2D eigenvalue weighted by molar-refractivity contribution is 0.629. The summed E-state index contributed by atoms with van der Waals surface area (Å²) in [7, 11) is 0. The average molecular weight is 358 g/mol. The molecule has 2 aromatic carbocycles. The van der Waals surface area contributed by atoms with Gasteiger partial charge in [0.05, 0.1) is 5.16 Å². The van der Waals surface area contributed by atoms with Crippen LogP contribution in [0.3, 0.4) is 0 Å². The number of isothiocyanates is 1. The maximum atomic E-state index is 14.2. The highest BCUT2D eigenvalue weighted by Crippen LogP contribution is 2.24. The third-order valence-corrected chi connectivity index (χ3v) is 4.00. The molecule has 1 heterocycles. The predicted molar refractivity (Wildman–Crippen MR) is 106 cm³/mol. The number of thiocarbonyl (C=S) groups is 1. The third-order valence-electron chi connectivity index (χ3n) is 3.91. The van der Waals surface area contributed by atoms with Crippen molar-refractivity contribution in [2.45, 2.75) is 13.3 Å². The Labute approximate surface area is 157 Å². The molecule has 0 bridgehead atoms. The first-order valence-electron chi connectivity index (χ1n) is 8.14. The Morgan fingerprint density at radius 3 is 2.15 bits per heavy atom. The quantitative estimate of drug-likeness (QED) is 0.347. The molecule has 0 atom stereocenters. The maximum absolute atomic E-state index is 14.2. The van der Waals surface area contributed by atoms with Crippen LogP contribution in [0.5, 0.6) is 0 Å². The number of aryl methyl sites for hydroxylation is 1. The molecule has 0 aliphatic rings. The van der Waals surface area contributed by atoms with Crippen LogP contribution in [0.15, 0.2) is 65.8 Å². The zero-order chi connectivity index (χ0) is 18.4. The summed E-state index contributed by atoms with van der Waals surface area (Å²) in [5.41, 5.74) is 4.26. The minimum atomic E-state index is -0.404. The van der Waals surface area contributed by atoms with Gasteiger partial charge in [-0.05, 0) is 54.0 Å². The zero-order valence-corrected chi connectivity index (χ0v) is 15.0. The molecule has 0 saturated carbocycles. The molecule has 0 amide bonds. The summed E-state index contributed by atoms with van der Waals surface area (Å²) in [6.07, 6.45) is 2.45. The Bertz CT molecular complexity index is 1020. The smallest absolute Gasteiger partial charge is 0.165 e. The van der Waals surface area contributed by atoms with Crippen molar-refractivity contribution in [1.29, 1.82) is 0 Å². The Morgan fingerprint density at radius 2 is 1.62 bits per heavy atom. The molecule has 0 saturated heterocycles. The molecule has 0 N–H and O–H groups in total. The van der Waals surface area contributed by atoms with Crippen LogP contribution in [0.1, 0.15) is 23.6 Å². The second-order valence-electron chi connectivity index (χ2n) is 5.60. The summed E-state index contributed by atoms with van der Waals surface area (Å²) in [4.78, 5) is 7.73. The van der Waals surface area contributed by atoms with Gasteiger partial charge in [-0.3, -0.25) is 0 Å². The van der Waals surface area contributed by atoms with Gasteiger partial charge in [-0.1, -0.05) is 43.0 Å². The van der Waals surface area contributed by atoms with E-state index in [1.807, 2.05) is 36.4 Å². The highest BCUT2D eigenvalue weighted by Gasteiger charge is 2.07. The molecule has 1 aromatic heterocycles. The van der Waals surface area contributed by atoms with E-state index in [4.69, 9.17) is 0 Å². The molecule has 4 heteroatoms. The first-order valence-corrected chi connectivity index (χ1v) is 8.55. The predicted octanol–water partition coefficient (Wildman–Crippen LogP) is 5.58. The van der Waals surface area contributed by atoms with Crippen LogP contribution in [-0.4, -0.2) is 10.1 Å². The van der Waals surface area contributed by atoms with Crippen molar-refractivity contribution in [3.63, 3.8) is 0 Å². The minimum Gasteiger partial charge on any atom is -0.236 e. The second kappa shape index (κ2) is 8.31. The van der Waals surface area contributed by atoms with Gasteiger partial charge in [-0.15, -0.1) is 0 Å². The van der Waals surface area contributed by atoms with Crippen LogP contribution in [0.4, 0.5) is 10.2 Å². The van der Waals surface area contributed by atoms with Crippen molar-refractivity contribution in [3.05, 3.63) is 83.3 Å². The van der Waals surface area contributed by atoms with Crippen LogP contribution < -0.4 is 0 Å². The highest BCUT2D eigenvalue weighted by molar-refractivity contribution is 7.78. The number of rotatable bonds is 3. The van der Waals surface area contributed by atoms with Crippen molar-refractivity contribution in [2.24, 2.45) is 4.99 Å². The van der Waals surface area contributed by atoms with Gasteiger partial charge in [-0.25, -0.2) is 9.37 Å². The number of pyridine rings is 1. The number of aliphatic imine (C=N–C) groups is 1. The Morgan fingerprint density at radius 1 is 1.00 bits per heavy atom. The van der Waals surface area contributed by atoms with Gasteiger partial charge < -0.3 is 0 Å². The molecule has 126 valence electrons. The van der Waals surface area contributed by atoms with Gasteiger partial charge in [0.25, 0.3) is 0 Å². The zero-order valence-electron chi connectivity index (χ0n) is 14.2. The number of aromatic nitrogens is 1. The number of nitrogens with zero attached hydrogens (tertiary/aromatic N) is 2. The molecule has 0 radical (unpaired) electrons. The largest absolute Gasteiger partial charge is 0.236 e. The van der Waals surface area contributed by atoms with Gasteiger partial charge >= 0.3 is 0 Å². The van der Waals surface area contributed by atoms with Crippen LogP contribution >= 0.6 is 12.2 Å². The van der Waals surface area contributed by atoms with E-state index in [0.717, 1.165) is 23.1 Å². The first-order chi connectivity index (χ1) is 12.7. The summed E-state index contributed by atoms with van der Waals surface area (Å²) in [6.45, 7) is 2.12. The van der Waals surface area contributed by atoms with E-state index >= 15 is 0 Å². The molecular formula is C22H15FN2S. The molecule has 0 aliphatic heterocycles. The normalized spacial score (nSPS) is 9.77. The lowest BCUT2D eigenvalue weighted by Crippen LogP contribution is -1.87. The fourth-order valence-corrected chi connectivity index (χ4v) is 2.54. The van der Waals surface area contributed by atoms with Crippen molar-refractivity contribution < 1.29 is 4.39 Å². The highest BCUT2D eigenvalue weighted by atomic mass is 32.1. The van der Waals surface area contributed by atoms with Crippen LogP contribution in [0.25, 0.3) is 11.1 Å². The Kier molecular flexibility index (Phi) is 5.66. The Balaban J connectivity index is 1.80. The molecule has 0 fully saturated rings. The van der Waals surface area contributed by atoms with Crippen molar-refractivity contribution >= 4 is 23.2 Å². The van der Waals surface area contributed by atoms with Crippen LogP contribution in [0, 0.1) is 17.7 Å². The fraction of sp³-hybridized carbons (Fsp3) is 0.0909. The van der Waals surface area contributed by atoms with E-state index < -0.39 is 5.82 Å². The van der Waals surface area contributed by atoms with E-state index in [9.17, 15) is 4.39 Å². The Hall–Kier alpha value is -3.12. The molecule has 0 unspecified atom stereocenters. The fourth-order valence-electron chi connectivity index (χ4n) is 2.44. The van der Waals surface area contributed by atoms with Crippen LogP contribution in [0.2, 0.25) is 0 Å². The number of benzene rings is 2. The maximum Gasteiger partial charge on any atom is 0.165 e. The summed E-state index contributed by atoms with van der Waals surface area (Å²) in [5, 5.41) is 2.18. The molecule has 0 spiro atoms. The van der Waals surface area contributed by atoms with E-state index in [1.54, 1.807) is 0 Å². The van der Waals surface area contributed by atoms with Crippen molar-refractivity contribution in [3.8, 4) is 23.0 Å². The summed E-state index contributed by atoms with van der Waals surface area (Å²) in [6, 6.07) is 16.8. The summed E-state index contributed by atoms with van der Waals surface area (Å²) in [5.74, 6) is 6.06. The topological polar surface area (TPSA) is 25.2 Å². The molecule has 26 heavy (non-hydrogen) atoms. The second-order valence-corrected chi connectivity index (χ2v) is 5.79. The van der Waals surface area contributed by atoms with E-state index in [2.05, 4.69) is 58.3 Å². The molecule has 3 rings (SSSR count). The van der Waals surface area contributed by atoms with Crippen LogP contribution in [-0.2, 0) is 6.42 Å². The standard InChI is InChI=1S/C22H15FN2S/c1-2-16-3-5-17(6-4-16)7-8-18-9-11-19(12-10-18)20-14-24-22(25-15-26)13-21(20)23/h3-6,9-14H,2H2,1H3. The van der Waals surface area contributed by atoms with E-state index in [0.29, 0.717) is 5.56 Å². The lowest BCUT2D eigenvalue weighted by atomic mass is 10.0. The van der Waals surface area contributed by atoms with Gasteiger partial charge in [0.1, 0.15) is 5.82 Å². The molecule has 3 aromatic rings. The molecule has 2 nitrogen and oxygen atoms in total. The van der Waals surface area contributed by atoms with Gasteiger partial charge in [0, 0.05) is 29.0 Å². The first kappa shape index (κ1) is 17.7. The van der Waals surface area contributed by atoms with Gasteiger partial charge in [-0.2, -0.15) is 4.99 Å².